The Hall–Kier alpha value is -2.02. The van der Waals surface area contributed by atoms with Crippen LogP contribution in [0.25, 0.3) is 0 Å². The summed E-state index contributed by atoms with van der Waals surface area (Å²) in [6.45, 7) is 1.80. The fourth-order valence-electron chi connectivity index (χ4n) is 1.20. The molecule has 0 bridgehead atoms. The third-order valence-electron chi connectivity index (χ3n) is 2.19. The van der Waals surface area contributed by atoms with Crippen LogP contribution < -0.4 is 4.74 Å². The molecule has 0 aromatic heterocycles. The van der Waals surface area contributed by atoms with Crippen molar-refractivity contribution >= 4 is 5.91 Å². The van der Waals surface area contributed by atoms with Crippen molar-refractivity contribution in [1.29, 1.82) is 0 Å². The van der Waals surface area contributed by atoms with Crippen LogP contribution in [-0.2, 0) is 4.79 Å². The number of nitrogens with zero attached hydrogens (tertiary/aromatic N) is 1. The summed E-state index contributed by atoms with van der Waals surface area (Å²) in [5, 5.41) is 0. The van der Waals surface area contributed by atoms with Crippen LogP contribution in [0.4, 0.5) is 4.39 Å². The third kappa shape index (κ3) is 3.80. The number of carbonyl (C=O) groups excluding carboxylic acids is 1. The van der Waals surface area contributed by atoms with Gasteiger partial charge in [0.25, 0.3) is 5.91 Å². The standard InChI is InChI=1S/C13H14FNO2/c1-4-7-15(3)13(16)9-17-12-8-10(2)5-6-11(12)14/h1,5-6,8H,7,9H2,2-3H3. The van der Waals surface area contributed by atoms with Crippen LogP contribution in [0, 0.1) is 25.1 Å². The number of hydrogen-bond acceptors (Lipinski definition) is 2. The summed E-state index contributed by atoms with van der Waals surface area (Å²) in [6.07, 6.45) is 5.07. The minimum absolute atomic E-state index is 0.0763. The molecule has 0 spiro atoms. The van der Waals surface area contributed by atoms with E-state index in [1.54, 1.807) is 19.2 Å². The van der Waals surface area contributed by atoms with E-state index >= 15 is 0 Å². The number of benzene rings is 1. The molecule has 0 aliphatic rings. The van der Waals surface area contributed by atoms with E-state index in [-0.39, 0.29) is 24.8 Å². The molecular weight excluding hydrogens is 221 g/mol. The van der Waals surface area contributed by atoms with E-state index in [1.807, 2.05) is 6.92 Å². The molecule has 1 aromatic carbocycles. The fraction of sp³-hybridized carbons (Fsp3) is 0.308. The van der Waals surface area contributed by atoms with E-state index < -0.39 is 5.82 Å². The van der Waals surface area contributed by atoms with Gasteiger partial charge >= 0.3 is 0 Å². The number of carbonyl (C=O) groups is 1. The van der Waals surface area contributed by atoms with Crippen molar-refractivity contribution in [2.24, 2.45) is 0 Å². The molecule has 1 aromatic rings. The van der Waals surface area contributed by atoms with Gasteiger partial charge in [-0.25, -0.2) is 4.39 Å². The molecule has 0 saturated carbocycles. The zero-order valence-electron chi connectivity index (χ0n) is 9.87. The summed E-state index contributed by atoms with van der Waals surface area (Å²) < 4.78 is 18.4. The van der Waals surface area contributed by atoms with E-state index in [2.05, 4.69) is 5.92 Å². The summed E-state index contributed by atoms with van der Waals surface area (Å²) >= 11 is 0. The maximum absolute atomic E-state index is 13.3. The molecule has 1 rings (SSSR count). The van der Waals surface area contributed by atoms with E-state index in [0.717, 1.165) is 5.56 Å². The van der Waals surface area contributed by atoms with Crippen LogP contribution >= 0.6 is 0 Å². The normalized spacial score (nSPS) is 9.53. The average Bonchev–Trinajstić information content (AvgIpc) is 2.30. The Morgan fingerprint density at radius 3 is 2.94 bits per heavy atom. The first-order chi connectivity index (χ1) is 8.04. The summed E-state index contributed by atoms with van der Waals surface area (Å²) in [4.78, 5) is 12.8. The van der Waals surface area contributed by atoms with E-state index in [1.165, 1.54) is 11.0 Å². The molecule has 0 fully saturated rings. The van der Waals surface area contributed by atoms with Gasteiger partial charge in [0.1, 0.15) is 0 Å². The molecule has 1 amide bonds. The van der Waals surface area contributed by atoms with E-state index in [9.17, 15) is 9.18 Å². The Balaban J connectivity index is 2.59. The zero-order valence-corrected chi connectivity index (χ0v) is 9.87. The second kappa shape index (κ2) is 5.90. The molecule has 0 aliphatic heterocycles. The third-order valence-corrected chi connectivity index (χ3v) is 2.19. The Bertz CT molecular complexity index is 451. The van der Waals surface area contributed by atoms with Gasteiger partial charge < -0.3 is 9.64 Å². The molecule has 0 aliphatic carbocycles. The van der Waals surface area contributed by atoms with Gasteiger partial charge in [-0.1, -0.05) is 12.0 Å². The molecule has 0 N–H and O–H groups in total. The van der Waals surface area contributed by atoms with Crippen LogP contribution in [0.1, 0.15) is 5.56 Å². The lowest BCUT2D eigenvalue weighted by Gasteiger charge is -2.14. The highest BCUT2D eigenvalue weighted by Crippen LogP contribution is 2.18. The number of rotatable bonds is 4. The highest BCUT2D eigenvalue weighted by Gasteiger charge is 2.10. The first kappa shape index (κ1) is 13.0. The van der Waals surface area contributed by atoms with Crippen molar-refractivity contribution in [3.63, 3.8) is 0 Å². The van der Waals surface area contributed by atoms with Crippen LogP contribution in [0.3, 0.4) is 0 Å². The number of ether oxygens (including phenoxy) is 1. The van der Waals surface area contributed by atoms with Crippen molar-refractivity contribution in [2.45, 2.75) is 6.92 Å². The maximum atomic E-state index is 13.3. The number of halogens is 1. The largest absolute Gasteiger partial charge is 0.481 e. The van der Waals surface area contributed by atoms with E-state index in [4.69, 9.17) is 11.2 Å². The lowest BCUT2D eigenvalue weighted by molar-refractivity contribution is -0.131. The summed E-state index contributed by atoms with van der Waals surface area (Å²) in [6, 6.07) is 4.48. The van der Waals surface area contributed by atoms with E-state index in [0.29, 0.717) is 0 Å². The molecule has 4 heteroatoms. The van der Waals surface area contributed by atoms with Gasteiger partial charge in [-0.3, -0.25) is 4.79 Å². The van der Waals surface area contributed by atoms with Crippen molar-refractivity contribution in [3.8, 4) is 18.1 Å². The number of aryl methyl sites for hydroxylation is 1. The van der Waals surface area contributed by atoms with Crippen molar-refractivity contribution in [2.75, 3.05) is 20.2 Å². The number of terminal acetylenes is 1. The van der Waals surface area contributed by atoms with Gasteiger partial charge in [0, 0.05) is 7.05 Å². The highest BCUT2D eigenvalue weighted by molar-refractivity contribution is 5.77. The minimum Gasteiger partial charge on any atom is -0.481 e. The van der Waals surface area contributed by atoms with Gasteiger partial charge in [-0.2, -0.15) is 0 Å². The molecule has 90 valence electrons. The summed E-state index contributed by atoms with van der Waals surface area (Å²) in [5.74, 6) is 1.65. The van der Waals surface area contributed by atoms with Crippen LogP contribution in [0.15, 0.2) is 18.2 Å². The first-order valence-electron chi connectivity index (χ1n) is 5.11. The monoisotopic (exact) mass is 235 g/mol. The van der Waals surface area contributed by atoms with Crippen LogP contribution in [0.2, 0.25) is 0 Å². The minimum atomic E-state index is -0.483. The quantitative estimate of drug-likeness (QED) is 0.742. The molecule has 3 nitrogen and oxygen atoms in total. The van der Waals surface area contributed by atoms with Gasteiger partial charge in [0.15, 0.2) is 18.2 Å². The van der Waals surface area contributed by atoms with Gasteiger partial charge in [-0.05, 0) is 24.6 Å². The van der Waals surface area contributed by atoms with Crippen molar-refractivity contribution in [1.82, 2.24) is 4.90 Å². The van der Waals surface area contributed by atoms with Crippen LogP contribution in [-0.4, -0.2) is 31.0 Å². The molecule has 0 heterocycles. The fourth-order valence-corrected chi connectivity index (χ4v) is 1.20. The molecular formula is C13H14FNO2. The summed E-state index contributed by atoms with van der Waals surface area (Å²) in [7, 11) is 1.57. The second-order valence-corrected chi connectivity index (χ2v) is 3.68. The Kier molecular flexibility index (Phi) is 4.53. The smallest absolute Gasteiger partial charge is 0.261 e. The lowest BCUT2D eigenvalue weighted by Crippen LogP contribution is -2.31. The number of likely N-dealkylation sites (N-methyl/N-ethyl adjacent to an activating group) is 1. The molecule has 0 unspecified atom stereocenters. The lowest BCUT2D eigenvalue weighted by atomic mass is 10.2. The Morgan fingerprint density at radius 2 is 2.29 bits per heavy atom. The molecule has 0 radical (unpaired) electrons. The van der Waals surface area contributed by atoms with Crippen molar-refractivity contribution < 1.29 is 13.9 Å². The molecule has 0 saturated heterocycles. The van der Waals surface area contributed by atoms with Crippen LogP contribution in [0.5, 0.6) is 5.75 Å². The van der Waals surface area contributed by atoms with Gasteiger partial charge in [0.05, 0.1) is 6.54 Å². The molecule has 0 atom stereocenters. The SMILES string of the molecule is C#CCN(C)C(=O)COc1cc(C)ccc1F. The topological polar surface area (TPSA) is 29.5 Å². The Labute approximate surface area is 100 Å². The highest BCUT2D eigenvalue weighted by atomic mass is 19.1. The Morgan fingerprint density at radius 1 is 1.59 bits per heavy atom. The van der Waals surface area contributed by atoms with Gasteiger partial charge in [0.2, 0.25) is 0 Å². The molecule has 17 heavy (non-hydrogen) atoms. The summed E-state index contributed by atoms with van der Waals surface area (Å²) in [5.41, 5.74) is 0.867. The second-order valence-electron chi connectivity index (χ2n) is 3.68. The number of hydrogen-bond donors (Lipinski definition) is 0. The van der Waals surface area contributed by atoms with Crippen molar-refractivity contribution in [3.05, 3.63) is 29.6 Å². The first-order valence-corrected chi connectivity index (χ1v) is 5.11. The predicted molar refractivity (Wildman–Crippen MR) is 63.1 cm³/mol. The van der Waals surface area contributed by atoms with Gasteiger partial charge in [-0.15, -0.1) is 6.42 Å². The zero-order chi connectivity index (χ0) is 12.8. The average molecular weight is 235 g/mol. The number of amides is 1. The maximum Gasteiger partial charge on any atom is 0.261 e. The predicted octanol–water partition coefficient (Wildman–Crippen LogP) is 1.60.